The van der Waals surface area contributed by atoms with Gasteiger partial charge < -0.3 is 10.5 Å². The Kier molecular flexibility index (Phi) is 4.49. The topological polar surface area (TPSA) is 61.0 Å². The van der Waals surface area contributed by atoms with Crippen molar-refractivity contribution in [3.63, 3.8) is 0 Å². The number of nitrogen functional groups attached to an aromatic ring is 1. The van der Waals surface area contributed by atoms with E-state index in [2.05, 4.69) is 23.8 Å². The summed E-state index contributed by atoms with van der Waals surface area (Å²) in [6, 6.07) is 9.78. The number of nitrogens with zero attached hydrogens (tertiary/aromatic N) is 2. The molecule has 0 amide bonds. The number of nitrogens with two attached hydrogens (primary N) is 1. The number of ether oxygens (including phenoxy) is 1. The van der Waals surface area contributed by atoms with Crippen molar-refractivity contribution < 1.29 is 4.74 Å². The number of thioether (sulfide) groups is 1. The zero-order valence-electron chi connectivity index (χ0n) is 12.5. The van der Waals surface area contributed by atoms with Crippen LogP contribution in [0.2, 0.25) is 0 Å². The minimum absolute atomic E-state index is 0.568. The molecule has 6 heteroatoms. The number of thiophene rings is 1. The van der Waals surface area contributed by atoms with Crippen molar-refractivity contribution in [2.75, 3.05) is 18.1 Å². The molecule has 2 heterocycles. The summed E-state index contributed by atoms with van der Waals surface area (Å²) in [6.45, 7) is 4.76. The summed E-state index contributed by atoms with van der Waals surface area (Å²) in [5, 5.41) is 1.70. The van der Waals surface area contributed by atoms with E-state index in [1.165, 1.54) is 10.4 Å². The molecule has 1 aromatic carbocycles. The van der Waals surface area contributed by atoms with Crippen LogP contribution in [0.3, 0.4) is 0 Å². The van der Waals surface area contributed by atoms with Gasteiger partial charge in [-0.25, -0.2) is 9.97 Å². The van der Waals surface area contributed by atoms with Gasteiger partial charge >= 0.3 is 0 Å². The monoisotopic (exact) mass is 331 g/mol. The lowest BCUT2D eigenvalue weighted by molar-refractivity contribution is 0.344. The summed E-state index contributed by atoms with van der Waals surface area (Å²) in [6.07, 6.45) is 0. The Morgan fingerprint density at radius 1 is 1.18 bits per heavy atom. The van der Waals surface area contributed by atoms with E-state index in [0.717, 1.165) is 21.7 Å². The summed E-state index contributed by atoms with van der Waals surface area (Å²) in [5.41, 5.74) is 7.26. The average Bonchev–Trinajstić information content (AvgIpc) is 2.80. The van der Waals surface area contributed by atoms with Gasteiger partial charge in [0.25, 0.3) is 0 Å². The molecule has 0 aliphatic carbocycles. The number of aromatic nitrogens is 2. The quantitative estimate of drug-likeness (QED) is 0.434. The molecule has 22 heavy (non-hydrogen) atoms. The second kappa shape index (κ2) is 6.54. The number of hydrogen-bond acceptors (Lipinski definition) is 6. The van der Waals surface area contributed by atoms with E-state index in [0.29, 0.717) is 17.6 Å². The van der Waals surface area contributed by atoms with Crippen molar-refractivity contribution >= 4 is 39.1 Å². The van der Waals surface area contributed by atoms with Gasteiger partial charge in [-0.05, 0) is 31.5 Å². The minimum Gasteiger partial charge on any atom is -0.493 e. The standard InChI is InChI=1S/C16H17N3OS2/c1-10-11(2)22-15-13(10)14(17)18-16(19-15)21-9-8-20-12-6-4-3-5-7-12/h3-7H,8-9H2,1-2H3,(H2,17,18,19). The third-order valence-electron chi connectivity index (χ3n) is 3.36. The number of anilines is 1. The van der Waals surface area contributed by atoms with Gasteiger partial charge in [0, 0.05) is 10.6 Å². The molecule has 0 radical (unpaired) electrons. The fourth-order valence-corrected chi connectivity index (χ4v) is 3.90. The minimum atomic E-state index is 0.568. The van der Waals surface area contributed by atoms with E-state index >= 15 is 0 Å². The largest absolute Gasteiger partial charge is 0.493 e. The van der Waals surface area contributed by atoms with Crippen LogP contribution in [-0.4, -0.2) is 22.3 Å². The van der Waals surface area contributed by atoms with Crippen LogP contribution in [0, 0.1) is 13.8 Å². The first-order valence-electron chi connectivity index (χ1n) is 6.99. The van der Waals surface area contributed by atoms with Crippen LogP contribution < -0.4 is 10.5 Å². The van der Waals surface area contributed by atoms with Crippen molar-refractivity contribution in [3.05, 3.63) is 40.8 Å². The summed E-state index contributed by atoms with van der Waals surface area (Å²) in [4.78, 5) is 11.2. The van der Waals surface area contributed by atoms with Crippen LogP contribution in [-0.2, 0) is 0 Å². The van der Waals surface area contributed by atoms with Gasteiger partial charge in [0.1, 0.15) is 16.4 Å². The summed E-state index contributed by atoms with van der Waals surface area (Å²) in [7, 11) is 0. The van der Waals surface area contributed by atoms with Crippen LogP contribution >= 0.6 is 23.1 Å². The molecular formula is C16H17N3OS2. The van der Waals surface area contributed by atoms with Crippen molar-refractivity contribution in [1.29, 1.82) is 0 Å². The van der Waals surface area contributed by atoms with Gasteiger partial charge in [-0.1, -0.05) is 30.0 Å². The van der Waals surface area contributed by atoms with Crippen LogP contribution in [0.4, 0.5) is 5.82 Å². The molecule has 3 aromatic rings. The Labute approximate surface area is 137 Å². The number of hydrogen-bond donors (Lipinski definition) is 1. The van der Waals surface area contributed by atoms with E-state index in [1.807, 2.05) is 30.3 Å². The van der Waals surface area contributed by atoms with E-state index in [9.17, 15) is 0 Å². The molecule has 0 aliphatic rings. The summed E-state index contributed by atoms with van der Waals surface area (Å²) < 4.78 is 5.66. The molecular weight excluding hydrogens is 314 g/mol. The molecule has 0 fully saturated rings. The Bertz CT molecular complexity index is 787. The SMILES string of the molecule is Cc1sc2nc(SCCOc3ccccc3)nc(N)c2c1C. The lowest BCUT2D eigenvalue weighted by atomic mass is 10.2. The molecule has 0 saturated heterocycles. The molecule has 2 N–H and O–H groups in total. The molecule has 0 aliphatic heterocycles. The number of fused-ring (bicyclic) bond motifs is 1. The zero-order valence-corrected chi connectivity index (χ0v) is 14.1. The highest BCUT2D eigenvalue weighted by atomic mass is 32.2. The molecule has 0 atom stereocenters. The van der Waals surface area contributed by atoms with Gasteiger partial charge in [0.05, 0.1) is 12.0 Å². The fraction of sp³-hybridized carbons (Fsp3) is 0.250. The maximum absolute atomic E-state index is 6.08. The van der Waals surface area contributed by atoms with E-state index in [-0.39, 0.29) is 0 Å². The average molecular weight is 331 g/mol. The smallest absolute Gasteiger partial charge is 0.191 e. The third-order valence-corrected chi connectivity index (χ3v) is 5.28. The first-order valence-corrected chi connectivity index (χ1v) is 8.79. The number of aryl methyl sites for hydroxylation is 2. The van der Waals surface area contributed by atoms with E-state index in [4.69, 9.17) is 10.5 Å². The normalized spacial score (nSPS) is 11.0. The molecule has 2 aromatic heterocycles. The van der Waals surface area contributed by atoms with Crippen LogP contribution in [0.1, 0.15) is 10.4 Å². The van der Waals surface area contributed by atoms with Crippen molar-refractivity contribution in [2.24, 2.45) is 0 Å². The van der Waals surface area contributed by atoms with Crippen LogP contribution in [0.25, 0.3) is 10.2 Å². The fourth-order valence-electron chi connectivity index (χ4n) is 2.13. The maximum atomic E-state index is 6.08. The van der Waals surface area contributed by atoms with Crippen molar-refractivity contribution in [2.45, 2.75) is 19.0 Å². The Morgan fingerprint density at radius 3 is 2.73 bits per heavy atom. The zero-order chi connectivity index (χ0) is 15.5. The third kappa shape index (κ3) is 3.18. The van der Waals surface area contributed by atoms with Gasteiger partial charge in [0.15, 0.2) is 5.16 Å². The molecule has 0 spiro atoms. The van der Waals surface area contributed by atoms with Crippen LogP contribution in [0.5, 0.6) is 5.75 Å². The first-order chi connectivity index (χ1) is 10.6. The van der Waals surface area contributed by atoms with Gasteiger partial charge in [-0.2, -0.15) is 0 Å². The van der Waals surface area contributed by atoms with E-state index < -0.39 is 0 Å². The first kappa shape index (κ1) is 15.1. The Balaban J connectivity index is 1.64. The predicted octanol–water partition coefficient (Wildman–Crippen LogP) is 4.06. The van der Waals surface area contributed by atoms with Crippen LogP contribution in [0.15, 0.2) is 35.5 Å². The molecule has 0 saturated carbocycles. The highest BCUT2D eigenvalue weighted by Crippen LogP contribution is 2.33. The number of para-hydroxylation sites is 1. The van der Waals surface area contributed by atoms with Gasteiger partial charge in [-0.3, -0.25) is 0 Å². The highest BCUT2D eigenvalue weighted by Gasteiger charge is 2.12. The second-order valence-electron chi connectivity index (χ2n) is 4.86. The van der Waals surface area contributed by atoms with Crippen molar-refractivity contribution in [3.8, 4) is 5.75 Å². The highest BCUT2D eigenvalue weighted by molar-refractivity contribution is 7.99. The molecule has 3 rings (SSSR count). The number of rotatable bonds is 5. The molecule has 114 valence electrons. The molecule has 0 bridgehead atoms. The molecule has 0 unspecified atom stereocenters. The maximum Gasteiger partial charge on any atom is 0.191 e. The van der Waals surface area contributed by atoms with E-state index in [1.54, 1.807) is 23.1 Å². The summed E-state index contributed by atoms with van der Waals surface area (Å²) in [5.74, 6) is 2.23. The lowest BCUT2D eigenvalue weighted by Gasteiger charge is -2.06. The Morgan fingerprint density at radius 2 is 1.95 bits per heavy atom. The predicted molar refractivity (Wildman–Crippen MR) is 94.0 cm³/mol. The summed E-state index contributed by atoms with van der Waals surface area (Å²) >= 11 is 3.23. The van der Waals surface area contributed by atoms with Gasteiger partial charge in [-0.15, -0.1) is 11.3 Å². The number of benzene rings is 1. The Hall–Kier alpha value is -1.79. The van der Waals surface area contributed by atoms with Gasteiger partial charge in [0.2, 0.25) is 0 Å². The molecule has 4 nitrogen and oxygen atoms in total. The lowest BCUT2D eigenvalue weighted by Crippen LogP contribution is -2.02. The second-order valence-corrected chi connectivity index (χ2v) is 7.13. The van der Waals surface area contributed by atoms with Crippen molar-refractivity contribution in [1.82, 2.24) is 9.97 Å².